The van der Waals surface area contributed by atoms with E-state index in [0.29, 0.717) is 12.4 Å². The van der Waals surface area contributed by atoms with Gasteiger partial charge in [-0.25, -0.2) is 9.97 Å². The fraction of sp³-hybridized carbons (Fsp3) is 0.122. The second-order valence-corrected chi connectivity index (χ2v) is 15.3. The molecular formula is C49H40BrN7. The van der Waals surface area contributed by atoms with Gasteiger partial charge in [-0.1, -0.05) is 156 Å². The van der Waals surface area contributed by atoms with Crippen LogP contribution in [0.4, 0.5) is 0 Å². The topological polar surface area (TPSA) is 74.3 Å². The van der Waals surface area contributed by atoms with E-state index in [9.17, 15) is 0 Å². The molecule has 6 aromatic carbocycles. The number of pyridine rings is 1. The van der Waals surface area contributed by atoms with Crippen molar-refractivity contribution in [3.63, 3.8) is 0 Å². The third-order valence-electron chi connectivity index (χ3n) is 10.7. The van der Waals surface area contributed by atoms with Crippen molar-refractivity contribution in [1.29, 1.82) is 0 Å². The van der Waals surface area contributed by atoms with E-state index in [1.54, 1.807) is 4.80 Å². The summed E-state index contributed by atoms with van der Waals surface area (Å²) in [6.45, 7) is 6.98. The van der Waals surface area contributed by atoms with E-state index in [0.717, 1.165) is 83.6 Å². The smallest absolute Gasteiger partial charge is 0.205 e. The first-order valence-corrected chi connectivity index (χ1v) is 20.0. The molecule has 0 amide bonds. The predicted molar refractivity (Wildman–Crippen MR) is 232 cm³/mol. The summed E-state index contributed by atoms with van der Waals surface area (Å²) in [5.41, 5.74) is 12.6. The maximum Gasteiger partial charge on any atom is 0.205 e. The minimum atomic E-state index is -0.880. The Morgan fingerprint density at radius 1 is 0.596 bits per heavy atom. The van der Waals surface area contributed by atoms with Crippen LogP contribution in [0, 0.1) is 13.8 Å². The average Bonchev–Trinajstić information content (AvgIpc) is 3.88. The highest BCUT2D eigenvalue weighted by Gasteiger charge is 2.41. The molecule has 0 saturated heterocycles. The molecule has 0 spiro atoms. The molecule has 0 aliphatic carbocycles. The predicted octanol–water partition coefficient (Wildman–Crippen LogP) is 11.2. The zero-order valence-corrected chi connectivity index (χ0v) is 33.6. The van der Waals surface area contributed by atoms with E-state index in [4.69, 9.17) is 25.4 Å². The summed E-state index contributed by atoms with van der Waals surface area (Å²) in [5, 5.41) is 15.0. The zero-order chi connectivity index (χ0) is 38.9. The number of nitrogens with zero attached hydrogens (tertiary/aromatic N) is 7. The maximum atomic E-state index is 5.28. The molecule has 9 rings (SSSR count). The Kier molecular flexibility index (Phi) is 9.64. The summed E-state index contributed by atoms with van der Waals surface area (Å²) in [7, 11) is 0. The number of aryl methyl sites for hydroxylation is 3. The number of aromatic nitrogens is 7. The molecular weight excluding hydrogens is 766 g/mol. The minimum absolute atomic E-state index is 0.540. The van der Waals surface area contributed by atoms with Crippen molar-refractivity contribution >= 4 is 27.1 Å². The lowest BCUT2D eigenvalue weighted by molar-refractivity contribution is 0.396. The van der Waals surface area contributed by atoms with E-state index < -0.39 is 5.54 Å². The van der Waals surface area contributed by atoms with Gasteiger partial charge < -0.3 is 4.57 Å². The van der Waals surface area contributed by atoms with Crippen LogP contribution in [-0.4, -0.2) is 34.7 Å². The van der Waals surface area contributed by atoms with Gasteiger partial charge in [0.2, 0.25) is 5.82 Å². The van der Waals surface area contributed by atoms with E-state index in [1.165, 1.54) is 5.56 Å². The van der Waals surface area contributed by atoms with E-state index in [-0.39, 0.29) is 0 Å². The number of imidazole rings is 1. The van der Waals surface area contributed by atoms with Gasteiger partial charge in [0.1, 0.15) is 11.3 Å². The summed E-state index contributed by atoms with van der Waals surface area (Å²) in [6, 6.07) is 57.1. The van der Waals surface area contributed by atoms with Crippen LogP contribution < -0.4 is 0 Å². The Balaban J connectivity index is 1.17. The van der Waals surface area contributed by atoms with Crippen LogP contribution in [-0.2, 0) is 18.5 Å². The van der Waals surface area contributed by atoms with Crippen molar-refractivity contribution in [3.05, 3.63) is 208 Å². The van der Waals surface area contributed by atoms with Gasteiger partial charge in [0.25, 0.3) is 0 Å². The third kappa shape index (κ3) is 6.66. The van der Waals surface area contributed by atoms with Gasteiger partial charge in [0, 0.05) is 22.2 Å². The van der Waals surface area contributed by atoms with Crippen LogP contribution in [0.15, 0.2) is 168 Å². The fourth-order valence-corrected chi connectivity index (χ4v) is 8.27. The summed E-state index contributed by atoms with van der Waals surface area (Å²) in [6.07, 6.45) is 0.826. The molecule has 0 bridgehead atoms. The van der Waals surface area contributed by atoms with Gasteiger partial charge in [-0.15, -0.1) is 15.0 Å². The number of hydrogen-bond donors (Lipinski definition) is 0. The Hall–Kier alpha value is -6.51. The molecule has 8 heteroatoms. The van der Waals surface area contributed by atoms with Crippen molar-refractivity contribution in [2.75, 3.05) is 0 Å². The lowest BCUT2D eigenvalue weighted by Gasteiger charge is -2.34. The van der Waals surface area contributed by atoms with Crippen LogP contribution in [0.1, 0.15) is 46.3 Å². The number of tetrazole rings is 1. The number of halogens is 1. The lowest BCUT2D eigenvalue weighted by atomic mass is 9.77. The van der Waals surface area contributed by atoms with Crippen LogP contribution in [0.25, 0.3) is 44.8 Å². The second kappa shape index (κ2) is 15.2. The Bertz CT molecular complexity index is 2710. The minimum Gasteiger partial charge on any atom is -0.308 e. The monoisotopic (exact) mass is 805 g/mol. The van der Waals surface area contributed by atoms with Gasteiger partial charge in [-0.2, -0.15) is 0 Å². The molecule has 0 N–H and O–H groups in total. The normalized spacial score (nSPS) is 11.6. The standard InChI is InChI=1S/C49H40BrN7/c1-4-45-52-46-33(2)30-34(3)51-48(46)56(45)32-35-20-22-37(23-21-35)44-31-38(36-24-27-42(50)28-25-36)26-29-43(44)47-53-55-57(54-47)49(39-14-8-5-9-15-39,40-16-10-6-11-17-40)41-18-12-7-13-19-41/h5-31H,4,32H2,1-3H3. The molecule has 57 heavy (non-hydrogen) atoms. The van der Waals surface area contributed by atoms with Crippen LogP contribution in [0.5, 0.6) is 0 Å². The number of fused-ring (bicyclic) bond motifs is 1. The molecule has 0 radical (unpaired) electrons. The quantitative estimate of drug-likeness (QED) is 0.129. The molecule has 7 nitrogen and oxygen atoms in total. The Labute approximate surface area is 340 Å². The van der Waals surface area contributed by atoms with Crippen molar-refractivity contribution in [3.8, 4) is 33.6 Å². The SMILES string of the molecule is CCc1nc2c(C)cc(C)nc2n1Cc1ccc(-c2cc(-c3ccc(Br)cc3)ccc2-c2nnn(C(c3ccccc3)(c3ccccc3)c3ccccc3)n2)cc1. The second-order valence-electron chi connectivity index (χ2n) is 14.4. The van der Waals surface area contributed by atoms with E-state index >= 15 is 0 Å². The Morgan fingerprint density at radius 3 is 1.77 bits per heavy atom. The average molecular weight is 807 g/mol. The number of hydrogen-bond acceptors (Lipinski definition) is 5. The molecule has 9 aromatic rings. The third-order valence-corrected chi connectivity index (χ3v) is 11.3. The highest BCUT2D eigenvalue weighted by Crippen LogP contribution is 2.41. The number of rotatable bonds is 10. The lowest BCUT2D eigenvalue weighted by Crippen LogP contribution is -2.39. The van der Waals surface area contributed by atoms with Crippen LogP contribution in [0.2, 0.25) is 0 Å². The molecule has 0 aliphatic heterocycles. The van der Waals surface area contributed by atoms with Crippen molar-refractivity contribution in [2.24, 2.45) is 0 Å². The largest absolute Gasteiger partial charge is 0.308 e. The van der Waals surface area contributed by atoms with Crippen molar-refractivity contribution in [1.82, 2.24) is 34.7 Å². The van der Waals surface area contributed by atoms with E-state index in [1.807, 2.05) is 25.1 Å². The van der Waals surface area contributed by atoms with Crippen molar-refractivity contribution in [2.45, 2.75) is 39.3 Å². The molecule has 3 heterocycles. The first kappa shape index (κ1) is 36.1. The molecule has 278 valence electrons. The van der Waals surface area contributed by atoms with Crippen LogP contribution in [0.3, 0.4) is 0 Å². The van der Waals surface area contributed by atoms with Gasteiger partial charge in [0.15, 0.2) is 11.2 Å². The van der Waals surface area contributed by atoms with Gasteiger partial charge in [-0.05, 0) is 99.5 Å². The molecule has 0 fully saturated rings. The first-order valence-electron chi connectivity index (χ1n) is 19.2. The summed E-state index contributed by atoms with van der Waals surface area (Å²) >= 11 is 3.60. The summed E-state index contributed by atoms with van der Waals surface area (Å²) < 4.78 is 3.29. The maximum absolute atomic E-state index is 5.28. The zero-order valence-electron chi connectivity index (χ0n) is 32.0. The highest BCUT2D eigenvalue weighted by molar-refractivity contribution is 9.10. The summed E-state index contributed by atoms with van der Waals surface area (Å²) in [4.78, 5) is 11.7. The van der Waals surface area contributed by atoms with Gasteiger partial charge >= 0.3 is 0 Å². The Morgan fingerprint density at radius 2 is 1.18 bits per heavy atom. The first-order chi connectivity index (χ1) is 27.9. The van der Waals surface area contributed by atoms with Crippen molar-refractivity contribution < 1.29 is 0 Å². The fourth-order valence-electron chi connectivity index (χ4n) is 8.01. The highest BCUT2D eigenvalue weighted by atomic mass is 79.9. The molecule has 0 atom stereocenters. The van der Waals surface area contributed by atoms with E-state index in [2.05, 4.69) is 180 Å². The van der Waals surface area contributed by atoms with Gasteiger partial charge in [0.05, 0.1) is 6.54 Å². The molecule has 0 saturated carbocycles. The molecule has 0 unspecified atom stereocenters. The molecule has 0 aliphatic rings. The van der Waals surface area contributed by atoms with Crippen LogP contribution >= 0.6 is 15.9 Å². The number of benzene rings is 6. The molecule has 3 aromatic heterocycles. The summed E-state index contributed by atoms with van der Waals surface area (Å²) in [5.74, 6) is 1.57. The van der Waals surface area contributed by atoms with Gasteiger partial charge in [-0.3, -0.25) is 0 Å².